The summed E-state index contributed by atoms with van der Waals surface area (Å²) in [6, 6.07) is 4.15. The van der Waals surface area contributed by atoms with Gasteiger partial charge in [-0.2, -0.15) is 0 Å². The standard InChI is InChI=1S/C11H16N4OS/c1-16-5-4-12-7-10-8-15(14-13-10)9-11-3-2-6-17-11/h2-3,6,8,12H,4-5,7,9H2,1H3. The Morgan fingerprint density at radius 3 is 3.24 bits per heavy atom. The van der Waals surface area contributed by atoms with Gasteiger partial charge in [0.1, 0.15) is 0 Å². The molecule has 2 heterocycles. The minimum Gasteiger partial charge on any atom is -0.383 e. The predicted octanol–water partition coefficient (Wildman–Crippen LogP) is 1.12. The third-order valence-corrected chi connectivity index (χ3v) is 3.13. The van der Waals surface area contributed by atoms with Crippen molar-refractivity contribution in [3.8, 4) is 0 Å². The van der Waals surface area contributed by atoms with Gasteiger partial charge in [0.25, 0.3) is 0 Å². The summed E-state index contributed by atoms with van der Waals surface area (Å²) in [6.45, 7) is 3.06. The molecule has 2 aromatic heterocycles. The molecule has 0 radical (unpaired) electrons. The molecule has 2 aromatic rings. The molecule has 0 saturated carbocycles. The zero-order valence-electron chi connectivity index (χ0n) is 9.80. The Labute approximate surface area is 104 Å². The largest absolute Gasteiger partial charge is 0.383 e. The average molecular weight is 252 g/mol. The number of nitrogens with one attached hydrogen (secondary N) is 1. The summed E-state index contributed by atoms with van der Waals surface area (Å²) in [5.41, 5.74) is 0.956. The summed E-state index contributed by atoms with van der Waals surface area (Å²) in [5.74, 6) is 0. The molecule has 0 aromatic carbocycles. The number of hydrogen-bond acceptors (Lipinski definition) is 5. The van der Waals surface area contributed by atoms with Crippen LogP contribution in [0.15, 0.2) is 23.7 Å². The lowest BCUT2D eigenvalue weighted by Gasteiger charge is -1.99. The molecule has 5 nitrogen and oxygen atoms in total. The highest BCUT2D eigenvalue weighted by molar-refractivity contribution is 7.09. The Morgan fingerprint density at radius 1 is 1.53 bits per heavy atom. The molecule has 2 rings (SSSR count). The number of hydrogen-bond donors (Lipinski definition) is 1. The number of nitrogens with zero attached hydrogens (tertiary/aromatic N) is 3. The van der Waals surface area contributed by atoms with E-state index in [9.17, 15) is 0 Å². The van der Waals surface area contributed by atoms with E-state index in [-0.39, 0.29) is 0 Å². The first-order chi connectivity index (χ1) is 8.38. The van der Waals surface area contributed by atoms with Crippen molar-refractivity contribution < 1.29 is 4.74 Å². The highest BCUT2D eigenvalue weighted by Gasteiger charge is 2.01. The maximum absolute atomic E-state index is 4.95. The second kappa shape index (κ2) is 6.48. The van der Waals surface area contributed by atoms with Crippen LogP contribution < -0.4 is 5.32 Å². The van der Waals surface area contributed by atoms with Gasteiger partial charge in [-0.15, -0.1) is 16.4 Å². The summed E-state index contributed by atoms with van der Waals surface area (Å²) in [7, 11) is 1.69. The van der Waals surface area contributed by atoms with Crippen LogP contribution >= 0.6 is 11.3 Å². The summed E-state index contributed by atoms with van der Waals surface area (Å²) < 4.78 is 6.81. The molecule has 0 bridgehead atoms. The van der Waals surface area contributed by atoms with Crippen LogP contribution in [-0.2, 0) is 17.8 Å². The van der Waals surface area contributed by atoms with Crippen molar-refractivity contribution in [3.05, 3.63) is 34.3 Å². The maximum atomic E-state index is 4.95. The SMILES string of the molecule is COCCNCc1cn(Cc2cccs2)nn1. The van der Waals surface area contributed by atoms with Crippen LogP contribution in [0.5, 0.6) is 0 Å². The molecule has 0 aliphatic carbocycles. The molecule has 0 amide bonds. The van der Waals surface area contributed by atoms with Crippen molar-refractivity contribution >= 4 is 11.3 Å². The number of thiophene rings is 1. The van der Waals surface area contributed by atoms with Crippen molar-refractivity contribution in [3.63, 3.8) is 0 Å². The molecule has 6 heteroatoms. The van der Waals surface area contributed by atoms with Crippen molar-refractivity contribution in [1.29, 1.82) is 0 Å². The van der Waals surface area contributed by atoms with Crippen LogP contribution in [-0.4, -0.2) is 35.3 Å². The van der Waals surface area contributed by atoms with E-state index in [0.717, 1.165) is 25.3 Å². The average Bonchev–Trinajstić information content (AvgIpc) is 2.97. The fourth-order valence-electron chi connectivity index (χ4n) is 1.45. The minimum atomic E-state index is 0.712. The van der Waals surface area contributed by atoms with E-state index in [0.29, 0.717) is 6.61 Å². The smallest absolute Gasteiger partial charge is 0.0965 e. The van der Waals surface area contributed by atoms with Crippen molar-refractivity contribution in [2.75, 3.05) is 20.3 Å². The van der Waals surface area contributed by atoms with Gasteiger partial charge in [0.05, 0.1) is 25.0 Å². The highest BCUT2D eigenvalue weighted by atomic mass is 32.1. The van der Waals surface area contributed by atoms with Crippen LogP contribution in [0.25, 0.3) is 0 Å². The van der Waals surface area contributed by atoms with Gasteiger partial charge in [-0.05, 0) is 11.4 Å². The third kappa shape index (κ3) is 3.92. The number of aromatic nitrogens is 3. The number of ether oxygens (including phenoxy) is 1. The van der Waals surface area contributed by atoms with Crippen LogP contribution in [0.3, 0.4) is 0 Å². The van der Waals surface area contributed by atoms with Crippen LogP contribution in [0.2, 0.25) is 0 Å². The molecule has 0 unspecified atom stereocenters. The van der Waals surface area contributed by atoms with E-state index in [1.165, 1.54) is 4.88 Å². The summed E-state index contributed by atoms with van der Waals surface area (Å²) in [5, 5.41) is 13.5. The first kappa shape index (κ1) is 12.2. The fraction of sp³-hybridized carbons (Fsp3) is 0.455. The van der Waals surface area contributed by atoms with E-state index < -0.39 is 0 Å². The second-order valence-electron chi connectivity index (χ2n) is 3.66. The normalized spacial score (nSPS) is 10.9. The van der Waals surface area contributed by atoms with Crippen molar-refractivity contribution in [2.45, 2.75) is 13.1 Å². The minimum absolute atomic E-state index is 0.712. The Morgan fingerprint density at radius 2 is 2.47 bits per heavy atom. The van der Waals surface area contributed by atoms with Crippen LogP contribution in [0, 0.1) is 0 Å². The van der Waals surface area contributed by atoms with Gasteiger partial charge >= 0.3 is 0 Å². The first-order valence-electron chi connectivity index (χ1n) is 5.49. The topological polar surface area (TPSA) is 52.0 Å². The zero-order chi connectivity index (χ0) is 11.9. The molecule has 0 fully saturated rings. The Balaban J connectivity index is 1.79. The molecule has 1 N–H and O–H groups in total. The zero-order valence-corrected chi connectivity index (χ0v) is 10.6. The van der Waals surface area contributed by atoms with Gasteiger partial charge in [0.15, 0.2) is 0 Å². The van der Waals surface area contributed by atoms with E-state index in [2.05, 4.69) is 27.1 Å². The van der Waals surface area contributed by atoms with Crippen molar-refractivity contribution in [2.24, 2.45) is 0 Å². The summed E-state index contributed by atoms with van der Waals surface area (Å²) in [4.78, 5) is 1.29. The molecule has 92 valence electrons. The lowest BCUT2D eigenvalue weighted by atomic mass is 10.4. The molecule has 17 heavy (non-hydrogen) atoms. The van der Waals surface area contributed by atoms with Crippen LogP contribution in [0.1, 0.15) is 10.6 Å². The molecule has 0 aliphatic heterocycles. The highest BCUT2D eigenvalue weighted by Crippen LogP contribution is 2.09. The molecule has 0 spiro atoms. The Kier molecular flexibility index (Phi) is 4.66. The molecular weight excluding hydrogens is 236 g/mol. The maximum Gasteiger partial charge on any atom is 0.0965 e. The molecule has 0 aliphatic rings. The Bertz CT molecular complexity index is 426. The predicted molar refractivity (Wildman–Crippen MR) is 67.0 cm³/mol. The van der Waals surface area contributed by atoms with Gasteiger partial charge in [-0.3, -0.25) is 0 Å². The first-order valence-corrected chi connectivity index (χ1v) is 6.37. The summed E-state index contributed by atoms with van der Waals surface area (Å²) in [6.07, 6.45) is 1.97. The van der Waals surface area contributed by atoms with Gasteiger partial charge in [0.2, 0.25) is 0 Å². The van der Waals surface area contributed by atoms with Gasteiger partial charge in [-0.25, -0.2) is 4.68 Å². The molecule has 0 saturated heterocycles. The van der Waals surface area contributed by atoms with E-state index in [4.69, 9.17) is 4.74 Å². The lowest BCUT2D eigenvalue weighted by Crippen LogP contribution is -2.18. The van der Waals surface area contributed by atoms with E-state index in [1.807, 2.05) is 16.9 Å². The monoisotopic (exact) mass is 252 g/mol. The van der Waals surface area contributed by atoms with E-state index in [1.54, 1.807) is 18.4 Å². The van der Waals surface area contributed by atoms with Gasteiger partial charge in [-0.1, -0.05) is 11.3 Å². The Hall–Kier alpha value is -1.24. The summed E-state index contributed by atoms with van der Waals surface area (Å²) >= 11 is 1.73. The number of rotatable bonds is 7. The van der Waals surface area contributed by atoms with Crippen molar-refractivity contribution in [1.82, 2.24) is 20.3 Å². The number of methoxy groups -OCH3 is 1. The van der Waals surface area contributed by atoms with Gasteiger partial charge < -0.3 is 10.1 Å². The fourth-order valence-corrected chi connectivity index (χ4v) is 2.15. The third-order valence-electron chi connectivity index (χ3n) is 2.27. The lowest BCUT2D eigenvalue weighted by molar-refractivity contribution is 0.199. The van der Waals surface area contributed by atoms with E-state index >= 15 is 0 Å². The molecular formula is C11H16N4OS. The second-order valence-corrected chi connectivity index (χ2v) is 4.69. The molecule has 0 atom stereocenters. The van der Waals surface area contributed by atoms with Crippen LogP contribution in [0.4, 0.5) is 0 Å². The van der Waals surface area contributed by atoms with Gasteiger partial charge in [0, 0.05) is 25.1 Å². The quantitative estimate of drug-likeness (QED) is 0.750.